The van der Waals surface area contributed by atoms with E-state index in [0.29, 0.717) is 15.6 Å². The summed E-state index contributed by atoms with van der Waals surface area (Å²) in [5, 5.41) is 15.2. The van der Waals surface area contributed by atoms with Crippen LogP contribution in [0.15, 0.2) is 41.3 Å². The molecule has 0 aliphatic carbocycles. The fourth-order valence-electron chi connectivity index (χ4n) is 3.04. The molecule has 34 heavy (non-hydrogen) atoms. The molecule has 0 aliphatic heterocycles. The lowest BCUT2D eigenvalue weighted by Gasteiger charge is -2.20. The van der Waals surface area contributed by atoms with Crippen molar-refractivity contribution < 1.29 is 24.2 Å². The molecule has 1 aromatic heterocycles. The lowest BCUT2D eigenvalue weighted by molar-refractivity contribution is -0.139. The van der Waals surface area contributed by atoms with E-state index in [-0.39, 0.29) is 31.5 Å². The van der Waals surface area contributed by atoms with E-state index in [1.807, 2.05) is 0 Å². The predicted octanol–water partition coefficient (Wildman–Crippen LogP) is 3.69. The molecule has 1 heterocycles. The van der Waals surface area contributed by atoms with E-state index in [9.17, 15) is 24.3 Å². The number of hydrogen-bond donors (Lipinski definition) is 3. The van der Waals surface area contributed by atoms with Crippen molar-refractivity contribution in [2.75, 3.05) is 6.54 Å². The average Bonchev–Trinajstić information content (AvgIpc) is 2.69. The number of ether oxygens (including phenoxy) is 1. The lowest BCUT2D eigenvalue weighted by atomic mass is 10.1. The van der Waals surface area contributed by atoms with E-state index in [1.54, 1.807) is 39.0 Å². The van der Waals surface area contributed by atoms with Gasteiger partial charge in [0.1, 0.15) is 17.2 Å². The van der Waals surface area contributed by atoms with Gasteiger partial charge in [-0.3, -0.25) is 9.59 Å². The molecule has 1 aromatic carbocycles. The van der Waals surface area contributed by atoms with Gasteiger partial charge in [0, 0.05) is 22.8 Å². The average molecular weight is 512 g/mol. The number of carboxylic acids is 1. The Morgan fingerprint density at radius 3 is 2.38 bits per heavy atom. The first-order chi connectivity index (χ1) is 15.9. The third-order valence-electron chi connectivity index (χ3n) is 4.48. The Labute approximate surface area is 207 Å². The number of benzene rings is 1. The number of aliphatic carboxylic acids is 1. The van der Waals surface area contributed by atoms with E-state index >= 15 is 0 Å². The van der Waals surface area contributed by atoms with E-state index in [1.165, 1.54) is 22.9 Å². The molecular formula is C23H27Cl2N3O6. The van der Waals surface area contributed by atoms with Crippen LogP contribution in [-0.4, -0.2) is 45.8 Å². The first-order valence-electron chi connectivity index (χ1n) is 10.5. The van der Waals surface area contributed by atoms with Gasteiger partial charge in [-0.2, -0.15) is 0 Å². The maximum absolute atomic E-state index is 12.8. The van der Waals surface area contributed by atoms with Crippen LogP contribution in [0.25, 0.3) is 0 Å². The summed E-state index contributed by atoms with van der Waals surface area (Å²) < 4.78 is 6.41. The van der Waals surface area contributed by atoms with Crippen LogP contribution in [0.5, 0.6) is 0 Å². The second kappa shape index (κ2) is 11.9. The number of hydrogen-bond acceptors (Lipinski definition) is 5. The maximum Gasteiger partial charge on any atom is 0.407 e. The van der Waals surface area contributed by atoms with Crippen molar-refractivity contribution >= 4 is 41.2 Å². The molecule has 0 saturated heterocycles. The number of halogens is 2. The molecular weight excluding hydrogens is 485 g/mol. The zero-order valence-corrected chi connectivity index (χ0v) is 20.6. The number of carbonyl (C=O) groups excluding carboxylic acids is 2. The summed E-state index contributed by atoms with van der Waals surface area (Å²) in [6.07, 6.45) is 1.20. The number of rotatable bonds is 9. The summed E-state index contributed by atoms with van der Waals surface area (Å²) >= 11 is 12.0. The standard InChI is InChI=1S/C23H27Cl2N3O6/c1-23(2,3)34-22(33)26-8-4-7-18(21(31)32)27-19(29)17-6-5-9-28(20(17)30)13-14-10-15(24)12-16(25)11-14/h5-6,9-12,18H,4,7-8,13H2,1-3H3,(H,26,33)(H,27,29)(H,31,32)/t18-/m0/s1. The zero-order chi connectivity index (χ0) is 25.5. The first kappa shape index (κ1) is 27.2. The summed E-state index contributed by atoms with van der Waals surface area (Å²) in [6, 6.07) is 6.46. The smallest absolute Gasteiger partial charge is 0.407 e. The van der Waals surface area contributed by atoms with E-state index < -0.39 is 35.2 Å². The third kappa shape index (κ3) is 8.72. The molecule has 3 N–H and O–H groups in total. The number of alkyl carbamates (subject to hydrolysis) is 1. The van der Waals surface area contributed by atoms with Crippen LogP contribution in [0.3, 0.4) is 0 Å². The Kier molecular flexibility index (Phi) is 9.52. The SMILES string of the molecule is CC(C)(C)OC(=O)NCCC[C@H](NC(=O)c1cccn(Cc2cc(Cl)cc(Cl)c2)c1=O)C(=O)O. The van der Waals surface area contributed by atoms with E-state index in [2.05, 4.69) is 10.6 Å². The maximum atomic E-state index is 12.8. The monoisotopic (exact) mass is 511 g/mol. The van der Waals surface area contributed by atoms with Crippen molar-refractivity contribution in [3.8, 4) is 0 Å². The fourth-order valence-corrected chi connectivity index (χ4v) is 3.61. The molecule has 184 valence electrons. The summed E-state index contributed by atoms with van der Waals surface area (Å²) in [5.41, 5.74) is -0.776. The number of nitrogens with one attached hydrogen (secondary N) is 2. The van der Waals surface area contributed by atoms with Crippen molar-refractivity contribution in [2.45, 2.75) is 51.8 Å². The van der Waals surface area contributed by atoms with Gasteiger partial charge in [-0.25, -0.2) is 9.59 Å². The zero-order valence-electron chi connectivity index (χ0n) is 19.1. The lowest BCUT2D eigenvalue weighted by Crippen LogP contribution is -2.43. The summed E-state index contributed by atoms with van der Waals surface area (Å²) in [4.78, 5) is 48.8. The molecule has 0 saturated carbocycles. The Hall–Kier alpha value is -3.04. The summed E-state index contributed by atoms with van der Waals surface area (Å²) in [5.74, 6) is -2.06. The molecule has 0 aliphatic rings. The molecule has 0 fully saturated rings. The highest BCUT2D eigenvalue weighted by Gasteiger charge is 2.23. The highest BCUT2D eigenvalue weighted by molar-refractivity contribution is 6.34. The van der Waals surface area contributed by atoms with Crippen molar-refractivity contribution in [3.63, 3.8) is 0 Å². The molecule has 0 spiro atoms. The normalized spacial score (nSPS) is 12.0. The van der Waals surface area contributed by atoms with E-state index in [0.717, 1.165) is 0 Å². The number of carboxylic acid groups (broad SMARTS) is 1. The van der Waals surface area contributed by atoms with E-state index in [4.69, 9.17) is 27.9 Å². The molecule has 0 radical (unpaired) electrons. The highest BCUT2D eigenvalue weighted by Crippen LogP contribution is 2.19. The molecule has 2 aromatic rings. The van der Waals surface area contributed by atoms with Gasteiger partial charge in [-0.1, -0.05) is 23.2 Å². The topological polar surface area (TPSA) is 127 Å². The predicted molar refractivity (Wildman–Crippen MR) is 129 cm³/mol. The van der Waals surface area contributed by atoms with Crippen LogP contribution in [0.2, 0.25) is 10.0 Å². The molecule has 0 unspecified atom stereocenters. The Bertz CT molecular complexity index is 1090. The largest absolute Gasteiger partial charge is 0.480 e. The second-order valence-electron chi connectivity index (χ2n) is 8.57. The van der Waals surface area contributed by atoms with Crippen LogP contribution in [-0.2, 0) is 16.1 Å². The number of carbonyl (C=O) groups is 3. The van der Waals surface area contributed by atoms with Crippen molar-refractivity contribution in [3.05, 3.63) is 68.1 Å². The van der Waals surface area contributed by atoms with Crippen molar-refractivity contribution in [1.29, 1.82) is 0 Å². The Morgan fingerprint density at radius 2 is 1.79 bits per heavy atom. The number of amides is 2. The van der Waals surface area contributed by atoms with Crippen molar-refractivity contribution in [2.24, 2.45) is 0 Å². The van der Waals surface area contributed by atoms with Gasteiger partial charge < -0.3 is 25.0 Å². The van der Waals surface area contributed by atoms with Gasteiger partial charge in [0.25, 0.3) is 11.5 Å². The van der Waals surface area contributed by atoms with Crippen LogP contribution in [0.4, 0.5) is 4.79 Å². The quantitative estimate of drug-likeness (QED) is 0.440. The second-order valence-corrected chi connectivity index (χ2v) is 9.44. The van der Waals surface area contributed by atoms with Gasteiger partial charge in [0.15, 0.2) is 0 Å². The molecule has 0 bridgehead atoms. The molecule has 9 nitrogen and oxygen atoms in total. The van der Waals surface area contributed by atoms with Crippen LogP contribution in [0.1, 0.15) is 49.5 Å². The minimum atomic E-state index is -1.25. The van der Waals surface area contributed by atoms with Crippen molar-refractivity contribution in [1.82, 2.24) is 15.2 Å². The first-order valence-corrected chi connectivity index (χ1v) is 11.3. The van der Waals surface area contributed by atoms with Gasteiger partial charge in [0.2, 0.25) is 0 Å². The Balaban J connectivity index is 2.02. The number of aromatic nitrogens is 1. The van der Waals surface area contributed by atoms with Gasteiger partial charge in [0.05, 0.1) is 6.54 Å². The Morgan fingerprint density at radius 1 is 1.15 bits per heavy atom. The van der Waals surface area contributed by atoms with Gasteiger partial charge in [-0.15, -0.1) is 0 Å². The summed E-state index contributed by atoms with van der Waals surface area (Å²) in [6.45, 7) is 5.46. The van der Waals surface area contributed by atoms with Crippen LogP contribution < -0.4 is 16.2 Å². The van der Waals surface area contributed by atoms with Crippen LogP contribution in [0, 0.1) is 0 Å². The fraction of sp³-hybridized carbons (Fsp3) is 0.391. The van der Waals surface area contributed by atoms with Gasteiger partial charge in [-0.05, 0) is 69.5 Å². The minimum Gasteiger partial charge on any atom is -0.480 e. The number of pyridine rings is 1. The van der Waals surface area contributed by atoms with Crippen LogP contribution >= 0.6 is 23.2 Å². The molecule has 2 amide bonds. The molecule has 2 rings (SSSR count). The molecule has 11 heteroatoms. The van der Waals surface area contributed by atoms with Gasteiger partial charge >= 0.3 is 12.1 Å². The highest BCUT2D eigenvalue weighted by atomic mass is 35.5. The third-order valence-corrected chi connectivity index (χ3v) is 4.92. The number of nitrogens with zero attached hydrogens (tertiary/aromatic N) is 1. The minimum absolute atomic E-state index is 0.0406. The molecule has 1 atom stereocenters. The summed E-state index contributed by atoms with van der Waals surface area (Å²) in [7, 11) is 0.